The van der Waals surface area contributed by atoms with Gasteiger partial charge in [0.15, 0.2) is 0 Å². The predicted molar refractivity (Wildman–Crippen MR) is 73.8 cm³/mol. The molecule has 0 aliphatic carbocycles. The lowest BCUT2D eigenvalue weighted by Crippen LogP contribution is -2.13. The molecule has 0 saturated heterocycles. The lowest BCUT2D eigenvalue weighted by atomic mass is 10.0. The molecule has 0 spiro atoms. The van der Waals surface area contributed by atoms with E-state index in [1.807, 2.05) is 24.3 Å². The minimum absolute atomic E-state index is 0.552. The van der Waals surface area contributed by atoms with Crippen molar-refractivity contribution in [3.05, 3.63) is 59.7 Å². The lowest BCUT2D eigenvalue weighted by Gasteiger charge is -2.06. The van der Waals surface area contributed by atoms with Gasteiger partial charge < -0.3 is 5.32 Å². The summed E-state index contributed by atoms with van der Waals surface area (Å²) in [5.74, 6) is -1.10. The Hall–Kier alpha value is -1.74. The van der Waals surface area contributed by atoms with Gasteiger partial charge in [-0.2, -0.15) is 0 Å². The second kappa shape index (κ2) is 6.43. The van der Waals surface area contributed by atoms with Crippen LogP contribution in [0, 0.1) is 11.6 Å². The largest absolute Gasteiger partial charge is 0.313 e. The molecule has 0 saturated carbocycles. The van der Waals surface area contributed by atoms with Crippen LogP contribution in [0.5, 0.6) is 0 Å². The van der Waals surface area contributed by atoms with Gasteiger partial charge in [-0.15, -0.1) is 0 Å². The van der Waals surface area contributed by atoms with E-state index in [1.165, 1.54) is 12.1 Å². The maximum Gasteiger partial charge on any atom is 0.126 e. The molecule has 0 unspecified atom stereocenters. The van der Waals surface area contributed by atoms with Crippen molar-refractivity contribution < 1.29 is 8.78 Å². The van der Waals surface area contributed by atoms with Crippen LogP contribution in [0.25, 0.3) is 11.1 Å². The Morgan fingerprint density at radius 3 is 2.11 bits per heavy atom. The second-order valence-corrected chi connectivity index (χ2v) is 4.53. The topological polar surface area (TPSA) is 12.0 Å². The Kier molecular flexibility index (Phi) is 4.63. The normalized spacial score (nSPS) is 10.7. The number of rotatable bonds is 5. The second-order valence-electron chi connectivity index (χ2n) is 4.53. The third-order valence-electron chi connectivity index (χ3n) is 2.91. The number of nitrogens with one attached hydrogen (secondary N) is 1. The maximum atomic E-state index is 13.1. The van der Waals surface area contributed by atoms with Crippen LogP contribution in [-0.4, -0.2) is 6.54 Å². The lowest BCUT2D eigenvalue weighted by molar-refractivity contribution is 0.584. The molecule has 1 N–H and O–H groups in total. The Morgan fingerprint density at radius 2 is 1.53 bits per heavy atom. The van der Waals surface area contributed by atoms with Crippen LogP contribution in [0.4, 0.5) is 8.78 Å². The Morgan fingerprint density at radius 1 is 0.895 bits per heavy atom. The summed E-state index contributed by atoms with van der Waals surface area (Å²) in [7, 11) is 0. The molecular formula is C16H17F2N. The zero-order chi connectivity index (χ0) is 13.7. The molecular weight excluding hydrogens is 244 g/mol. The first-order valence-electron chi connectivity index (χ1n) is 6.45. The van der Waals surface area contributed by atoms with Gasteiger partial charge >= 0.3 is 0 Å². The average molecular weight is 261 g/mol. The smallest absolute Gasteiger partial charge is 0.126 e. The van der Waals surface area contributed by atoms with E-state index in [-0.39, 0.29) is 0 Å². The summed E-state index contributed by atoms with van der Waals surface area (Å²) in [6, 6.07) is 11.3. The van der Waals surface area contributed by atoms with Crippen LogP contribution >= 0.6 is 0 Å². The minimum atomic E-state index is -0.552. The highest BCUT2D eigenvalue weighted by atomic mass is 19.1. The van der Waals surface area contributed by atoms with Crippen molar-refractivity contribution in [2.24, 2.45) is 0 Å². The van der Waals surface area contributed by atoms with Crippen LogP contribution in [0.15, 0.2) is 42.5 Å². The van der Waals surface area contributed by atoms with Gasteiger partial charge in [0, 0.05) is 12.6 Å². The number of hydrogen-bond donors (Lipinski definition) is 1. The quantitative estimate of drug-likeness (QED) is 0.798. The minimum Gasteiger partial charge on any atom is -0.313 e. The first-order chi connectivity index (χ1) is 9.19. The summed E-state index contributed by atoms with van der Waals surface area (Å²) < 4.78 is 26.3. The van der Waals surface area contributed by atoms with Crippen molar-refractivity contribution in [1.82, 2.24) is 5.32 Å². The van der Waals surface area contributed by atoms with Gasteiger partial charge in [0.05, 0.1) is 0 Å². The Bertz CT molecular complexity index is 515. The molecule has 100 valence electrons. The highest BCUT2D eigenvalue weighted by molar-refractivity contribution is 5.63. The maximum absolute atomic E-state index is 13.1. The number of halogens is 2. The van der Waals surface area contributed by atoms with Gasteiger partial charge in [-0.3, -0.25) is 0 Å². The van der Waals surface area contributed by atoms with Crippen molar-refractivity contribution in [2.75, 3.05) is 6.54 Å². The van der Waals surface area contributed by atoms with Crippen LogP contribution in [-0.2, 0) is 6.54 Å². The van der Waals surface area contributed by atoms with E-state index >= 15 is 0 Å². The van der Waals surface area contributed by atoms with Crippen molar-refractivity contribution in [3.63, 3.8) is 0 Å². The summed E-state index contributed by atoms with van der Waals surface area (Å²) in [5.41, 5.74) is 2.54. The van der Waals surface area contributed by atoms with Crippen molar-refractivity contribution >= 4 is 0 Å². The van der Waals surface area contributed by atoms with Crippen molar-refractivity contribution in [2.45, 2.75) is 19.9 Å². The van der Waals surface area contributed by atoms with Crippen molar-refractivity contribution in [1.29, 1.82) is 0 Å². The molecule has 0 heterocycles. The summed E-state index contributed by atoms with van der Waals surface area (Å²) in [5, 5.41) is 3.31. The molecule has 19 heavy (non-hydrogen) atoms. The standard InChI is InChI=1S/C16H17F2N/c1-2-7-19-11-12-3-5-13(6-4-12)14-8-15(17)10-16(18)9-14/h3-6,8-10,19H,2,7,11H2,1H3. The molecule has 2 rings (SSSR count). The molecule has 2 aromatic carbocycles. The fourth-order valence-corrected chi connectivity index (χ4v) is 1.95. The molecule has 0 aliphatic heterocycles. The number of hydrogen-bond acceptors (Lipinski definition) is 1. The molecule has 0 atom stereocenters. The fraction of sp³-hybridized carbons (Fsp3) is 0.250. The Balaban J connectivity index is 2.13. The first kappa shape index (κ1) is 13.7. The highest BCUT2D eigenvalue weighted by Gasteiger charge is 2.03. The van der Waals surface area contributed by atoms with Crippen LogP contribution < -0.4 is 5.32 Å². The van der Waals surface area contributed by atoms with Gasteiger partial charge in [-0.05, 0) is 41.8 Å². The van der Waals surface area contributed by atoms with E-state index < -0.39 is 11.6 Å². The third kappa shape index (κ3) is 3.86. The van der Waals surface area contributed by atoms with E-state index in [9.17, 15) is 8.78 Å². The van der Waals surface area contributed by atoms with Crippen LogP contribution in [0.2, 0.25) is 0 Å². The molecule has 0 bridgehead atoms. The van der Waals surface area contributed by atoms with Crippen LogP contribution in [0.1, 0.15) is 18.9 Å². The van der Waals surface area contributed by atoms with Gasteiger partial charge in [0.2, 0.25) is 0 Å². The molecule has 0 radical (unpaired) electrons. The molecule has 0 aromatic heterocycles. The molecule has 2 aromatic rings. The third-order valence-corrected chi connectivity index (χ3v) is 2.91. The van der Waals surface area contributed by atoms with Gasteiger partial charge in [0.25, 0.3) is 0 Å². The Labute approximate surface area is 112 Å². The highest BCUT2D eigenvalue weighted by Crippen LogP contribution is 2.22. The zero-order valence-corrected chi connectivity index (χ0v) is 10.9. The average Bonchev–Trinajstić information content (AvgIpc) is 2.39. The summed E-state index contributed by atoms with van der Waals surface area (Å²) in [4.78, 5) is 0. The van der Waals surface area contributed by atoms with E-state index in [0.29, 0.717) is 5.56 Å². The molecule has 3 heteroatoms. The predicted octanol–water partition coefficient (Wildman–Crippen LogP) is 4.13. The number of benzene rings is 2. The van der Waals surface area contributed by atoms with Crippen LogP contribution in [0.3, 0.4) is 0 Å². The van der Waals surface area contributed by atoms with Crippen molar-refractivity contribution in [3.8, 4) is 11.1 Å². The van der Waals surface area contributed by atoms with Gasteiger partial charge in [-0.25, -0.2) is 8.78 Å². The molecule has 0 fully saturated rings. The fourth-order valence-electron chi connectivity index (χ4n) is 1.95. The van der Waals surface area contributed by atoms with E-state index in [1.54, 1.807) is 0 Å². The monoisotopic (exact) mass is 261 g/mol. The van der Waals surface area contributed by atoms with E-state index in [2.05, 4.69) is 12.2 Å². The SMILES string of the molecule is CCCNCc1ccc(-c2cc(F)cc(F)c2)cc1. The van der Waals surface area contributed by atoms with E-state index in [4.69, 9.17) is 0 Å². The molecule has 0 amide bonds. The zero-order valence-electron chi connectivity index (χ0n) is 10.9. The van der Waals surface area contributed by atoms with Gasteiger partial charge in [-0.1, -0.05) is 31.2 Å². The summed E-state index contributed by atoms with van der Waals surface area (Å²) in [6.45, 7) is 3.91. The first-order valence-corrected chi connectivity index (χ1v) is 6.45. The summed E-state index contributed by atoms with van der Waals surface area (Å²) >= 11 is 0. The van der Waals surface area contributed by atoms with E-state index in [0.717, 1.165) is 36.7 Å². The molecule has 1 nitrogen and oxygen atoms in total. The molecule has 0 aliphatic rings. The summed E-state index contributed by atoms with van der Waals surface area (Å²) in [6.07, 6.45) is 1.10. The van der Waals surface area contributed by atoms with Gasteiger partial charge in [0.1, 0.15) is 11.6 Å².